The summed E-state index contributed by atoms with van der Waals surface area (Å²) >= 11 is -2.55. The minimum Gasteiger partial charge on any atom is -1.00 e. The number of rotatable bonds is 2. The smallest absolute Gasteiger partial charge is 0.0149 e. The molecule has 2 aromatic carbocycles. The standard InChI is InChI=1S/C13H9.C9H13.2CH3.2ClH.H4Si.Zr/c1-3-7-12-10(5-1)9-11-6-2-4-8-13(11)12;1-9(2,3)8-6-4-5-7-8;;;;;;/h1-9H;6-7H,4H2,1-3H3;2*1H3;2*1H;1H4;/q;;;;;;;+2/p-2. The summed E-state index contributed by atoms with van der Waals surface area (Å²) in [5.74, 6) is 0. The molecule has 0 amide bonds. The first kappa shape index (κ1) is 25.6. The monoisotopic (exact) mass is 508 g/mol. The molecule has 28 heavy (non-hydrogen) atoms. The van der Waals surface area contributed by atoms with Gasteiger partial charge in [0.05, 0.1) is 0 Å². The van der Waals surface area contributed by atoms with Crippen molar-refractivity contribution in [2.45, 2.75) is 40.1 Å². The minimum atomic E-state index is -2.55. The second kappa shape index (κ2) is 9.17. The normalized spacial score (nSPS) is 14.8. The molecule has 2 aliphatic rings. The first-order valence-electron chi connectivity index (χ1n) is 9.40. The van der Waals surface area contributed by atoms with E-state index < -0.39 is 20.3 Å². The van der Waals surface area contributed by atoms with E-state index in [9.17, 15) is 0 Å². The van der Waals surface area contributed by atoms with Gasteiger partial charge >= 0.3 is 158 Å². The molecule has 0 N–H and O–H groups in total. The Hall–Kier alpha value is -0.400. The van der Waals surface area contributed by atoms with Crippen LogP contribution in [0.5, 0.6) is 0 Å². The Morgan fingerprint density at radius 3 is 1.71 bits per heavy atom. The van der Waals surface area contributed by atoms with Gasteiger partial charge < -0.3 is 24.8 Å². The Balaban J connectivity index is 0.00000131. The molecule has 0 unspecified atom stereocenters. The van der Waals surface area contributed by atoms with Crippen molar-refractivity contribution in [2.24, 2.45) is 5.41 Å². The van der Waals surface area contributed by atoms with E-state index in [2.05, 4.69) is 90.7 Å². The number of allylic oxidation sites excluding steroid dienone is 4. The van der Waals surface area contributed by atoms with Crippen molar-refractivity contribution in [3.05, 3.63) is 80.7 Å². The van der Waals surface area contributed by atoms with Crippen LogP contribution >= 0.6 is 0 Å². The molecule has 0 aliphatic heterocycles. The van der Waals surface area contributed by atoms with Gasteiger partial charge in [0.25, 0.3) is 0 Å². The zero-order valence-electron chi connectivity index (χ0n) is 16.8. The van der Waals surface area contributed by atoms with Gasteiger partial charge in [-0.3, -0.25) is 0 Å². The van der Waals surface area contributed by atoms with Crippen molar-refractivity contribution in [2.75, 3.05) is 0 Å². The van der Waals surface area contributed by atoms with Crippen LogP contribution in [-0.2, 0) is 20.3 Å². The third kappa shape index (κ3) is 4.22. The molecule has 0 saturated heterocycles. The molecular weight excluding hydrogens is 478 g/mol. The second-order valence-electron chi connectivity index (χ2n) is 9.11. The summed E-state index contributed by atoms with van der Waals surface area (Å²) < 4.78 is 7.70. The molecule has 2 aromatic rings. The zero-order chi connectivity index (χ0) is 17.8. The number of benzene rings is 2. The summed E-state index contributed by atoms with van der Waals surface area (Å²) in [7, 11) is 0. The van der Waals surface area contributed by atoms with Gasteiger partial charge in [0.2, 0.25) is 0 Å². The third-order valence-corrected chi connectivity index (χ3v) is 16.1. The molecule has 0 fully saturated rings. The average Bonchev–Trinajstić information content (AvgIpc) is 3.18. The number of fused-ring (bicyclic) bond motifs is 3. The van der Waals surface area contributed by atoms with Crippen molar-refractivity contribution in [1.82, 2.24) is 0 Å². The molecule has 0 bridgehead atoms. The van der Waals surface area contributed by atoms with E-state index in [-0.39, 0.29) is 41.2 Å². The fraction of sp³-hybridized carbons (Fsp3) is 0.333. The van der Waals surface area contributed by atoms with Gasteiger partial charge in [0.1, 0.15) is 0 Å². The molecule has 0 aromatic heterocycles. The zero-order valence-corrected chi connectivity index (χ0v) is 20.8. The maximum Gasteiger partial charge on any atom is -0.0149 e. The molecule has 0 atom stereocenters. The first-order chi connectivity index (χ1) is 11.8. The van der Waals surface area contributed by atoms with E-state index in [1.165, 1.54) is 23.1 Å². The van der Waals surface area contributed by atoms with Crippen LogP contribution in [-0.4, -0.2) is 11.0 Å². The van der Waals surface area contributed by atoms with Crippen LogP contribution in [0.4, 0.5) is 0 Å². The van der Waals surface area contributed by atoms with Crippen molar-refractivity contribution in [3.8, 4) is 11.1 Å². The fourth-order valence-corrected chi connectivity index (χ4v) is 13.4. The number of hydrogen-bond donors (Lipinski definition) is 0. The van der Waals surface area contributed by atoms with Crippen LogP contribution in [0.2, 0.25) is 9.26 Å². The molecule has 4 heteroatoms. The Morgan fingerprint density at radius 1 is 0.821 bits per heavy atom. The largest absolute Gasteiger partial charge is 1.00 e. The molecule has 150 valence electrons. The van der Waals surface area contributed by atoms with Crippen molar-refractivity contribution >= 4 is 11.0 Å². The van der Waals surface area contributed by atoms with Crippen LogP contribution in [0.15, 0.2) is 69.5 Å². The van der Waals surface area contributed by atoms with Gasteiger partial charge in [-0.1, -0.05) is 0 Å². The van der Waals surface area contributed by atoms with E-state index in [0.717, 1.165) is 0 Å². The van der Waals surface area contributed by atoms with Crippen LogP contribution in [0.1, 0.15) is 41.9 Å². The second-order valence-corrected chi connectivity index (χ2v) is 20.6. The Morgan fingerprint density at radius 2 is 1.29 bits per heavy atom. The summed E-state index contributed by atoms with van der Waals surface area (Å²) in [5, 5.41) is 0. The predicted molar refractivity (Wildman–Crippen MR) is 117 cm³/mol. The molecule has 0 spiro atoms. The number of halogens is 2. The Bertz CT molecular complexity index is 861. The molecule has 0 saturated carbocycles. The SMILES string of the molecule is CC(C)(C)C1=CC[C]([Zr+2]([CH3])([CH3])[CH]2c3ccccc3-c3ccccc32)=C1.[Cl-].[Cl-].[SiH4]. The van der Waals surface area contributed by atoms with E-state index in [1.807, 2.05) is 0 Å². The molecule has 0 radical (unpaired) electrons. The van der Waals surface area contributed by atoms with Crippen LogP contribution in [0, 0.1) is 5.41 Å². The average molecular weight is 511 g/mol. The molecule has 0 heterocycles. The van der Waals surface area contributed by atoms with Gasteiger partial charge in [-0.25, -0.2) is 0 Å². The summed E-state index contributed by atoms with van der Waals surface area (Å²) in [6.45, 7) is 7.00. The molecule has 4 rings (SSSR count). The summed E-state index contributed by atoms with van der Waals surface area (Å²) in [4.78, 5) is 0. The van der Waals surface area contributed by atoms with E-state index >= 15 is 0 Å². The Labute approximate surface area is 192 Å². The first-order valence-corrected chi connectivity index (χ1v) is 17.0. The van der Waals surface area contributed by atoms with Crippen molar-refractivity contribution in [3.63, 3.8) is 0 Å². The maximum absolute atomic E-state index is 2.64. The molecule has 0 nitrogen and oxygen atoms in total. The van der Waals surface area contributed by atoms with Gasteiger partial charge in [0.15, 0.2) is 0 Å². The van der Waals surface area contributed by atoms with Crippen LogP contribution in [0.25, 0.3) is 11.1 Å². The fourth-order valence-electron chi connectivity index (χ4n) is 4.62. The van der Waals surface area contributed by atoms with Gasteiger partial charge in [0, 0.05) is 0 Å². The topological polar surface area (TPSA) is 0 Å². The molecule has 2 aliphatic carbocycles. The van der Waals surface area contributed by atoms with Gasteiger partial charge in [-0.05, 0) is 11.0 Å². The maximum atomic E-state index is 2.64. The predicted octanol–water partition coefficient (Wildman–Crippen LogP) is -0.177. The van der Waals surface area contributed by atoms with Gasteiger partial charge in [-0.2, -0.15) is 0 Å². The molecular formula is C24H32Cl2SiZr. The van der Waals surface area contributed by atoms with Crippen LogP contribution < -0.4 is 24.8 Å². The quantitative estimate of drug-likeness (QED) is 0.492. The third-order valence-electron chi connectivity index (χ3n) is 6.12. The van der Waals surface area contributed by atoms with Crippen molar-refractivity contribution < 1.29 is 45.1 Å². The van der Waals surface area contributed by atoms with Crippen LogP contribution in [0.3, 0.4) is 0 Å². The van der Waals surface area contributed by atoms with E-state index in [1.54, 1.807) is 14.4 Å². The summed E-state index contributed by atoms with van der Waals surface area (Å²) in [5.41, 5.74) is 7.89. The summed E-state index contributed by atoms with van der Waals surface area (Å²) in [6.07, 6.45) is 6.23. The summed E-state index contributed by atoms with van der Waals surface area (Å²) in [6, 6.07) is 18.2. The van der Waals surface area contributed by atoms with E-state index in [4.69, 9.17) is 0 Å². The van der Waals surface area contributed by atoms with Gasteiger partial charge in [-0.15, -0.1) is 0 Å². The number of hydrogen-bond acceptors (Lipinski definition) is 0. The van der Waals surface area contributed by atoms with Crippen molar-refractivity contribution in [1.29, 1.82) is 0 Å². The minimum absolute atomic E-state index is 0. The van der Waals surface area contributed by atoms with E-state index in [0.29, 0.717) is 3.63 Å². The Kier molecular flexibility index (Phi) is 8.40.